The molecule has 2 rings (SSSR count). The van der Waals surface area contributed by atoms with Crippen LogP contribution in [0.15, 0.2) is 11.7 Å². The van der Waals surface area contributed by atoms with Crippen molar-refractivity contribution >= 4 is 17.3 Å². The van der Waals surface area contributed by atoms with E-state index in [0.717, 1.165) is 19.3 Å². The molecule has 3 nitrogen and oxygen atoms in total. The summed E-state index contributed by atoms with van der Waals surface area (Å²) in [6.45, 7) is 1.98. The molecule has 4 heteroatoms. The summed E-state index contributed by atoms with van der Waals surface area (Å²) in [6, 6.07) is 0. The quantitative estimate of drug-likeness (QED) is 0.682. The molecule has 0 amide bonds. The normalized spacial score (nSPS) is 19.2. The number of thiazole rings is 1. The Balaban J connectivity index is 1.99. The van der Waals surface area contributed by atoms with Crippen molar-refractivity contribution in [1.29, 1.82) is 0 Å². The van der Waals surface area contributed by atoms with Crippen molar-refractivity contribution in [3.8, 4) is 0 Å². The van der Waals surface area contributed by atoms with Crippen LogP contribution in [0.25, 0.3) is 0 Å². The van der Waals surface area contributed by atoms with Crippen LogP contribution in [0.4, 0.5) is 0 Å². The molecule has 1 aliphatic carbocycles. The molecule has 0 aliphatic heterocycles. The number of hydrogen-bond donors (Lipinski definition) is 0. The van der Waals surface area contributed by atoms with Crippen molar-refractivity contribution in [2.45, 2.75) is 31.8 Å². The predicted molar refractivity (Wildman–Crippen MR) is 49.8 cm³/mol. The Kier molecular flexibility index (Phi) is 2.07. The van der Waals surface area contributed by atoms with Crippen LogP contribution in [0.1, 0.15) is 35.9 Å². The molecule has 1 heterocycles. The second-order valence-corrected chi connectivity index (χ2v) is 4.45. The second kappa shape index (κ2) is 3.10. The van der Waals surface area contributed by atoms with E-state index in [2.05, 4.69) is 4.98 Å². The highest BCUT2D eigenvalue weighted by Crippen LogP contribution is 2.35. The molecular formula is C9H11NO2S. The molecule has 0 bridgehead atoms. The summed E-state index contributed by atoms with van der Waals surface area (Å²) in [5, 5.41) is 0. The third-order valence-corrected chi connectivity index (χ3v) is 3.14. The van der Waals surface area contributed by atoms with Gasteiger partial charge in [0, 0.05) is 0 Å². The largest absolute Gasteiger partial charge is 0.455 e. The van der Waals surface area contributed by atoms with Crippen LogP contribution in [0, 0.1) is 0 Å². The number of esters is 1. The van der Waals surface area contributed by atoms with E-state index in [1.165, 1.54) is 11.3 Å². The Morgan fingerprint density at radius 3 is 2.92 bits per heavy atom. The summed E-state index contributed by atoms with van der Waals surface area (Å²) in [7, 11) is 0. The summed E-state index contributed by atoms with van der Waals surface area (Å²) in [5.41, 5.74) is 1.43. The minimum Gasteiger partial charge on any atom is -0.455 e. The average Bonchev–Trinajstić information content (AvgIpc) is 2.53. The first kappa shape index (κ1) is 8.69. The van der Waals surface area contributed by atoms with Crippen molar-refractivity contribution in [2.75, 3.05) is 0 Å². The Bertz CT molecular complexity index is 303. The van der Waals surface area contributed by atoms with Gasteiger partial charge in [0.25, 0.3) is 0 Å². The van der Waals surface area contributed by atoms with Crippen LogP contribution in [-0.2, 0) is 4.74 Å². The first-order valence-electron chi connectivity index (χ1n) is 4.31. The number of carbonyl (C=O) groups is 1. The third kappa shape index (κ3) is 1.72. The highest BCUT2D eigenvalue weighted by molar-refractivity contribution is 7.11. The molecular weight excluding hydrogens is 186 g/mol. The molecule has 0 saturated heterocycles. The van der Waals surface area contributed by atoms with Gasteiger partial charge in [0.15, 0.2) is 0 Å². The van der Waals surface area contributed by atoms with E-state index in [9.17, 15) is 4.79 Å². The van der Waals surface area contributed by atoms with Crippen molar-refractivity contribution in [2.24, 2.45) is 0 Å². The van der Waals surface area contributed by atoms with Gasteiger partial charge < -0.3 is 4.74 Å². The lowest BCUT2D eigenvalue weighted by Gasteiger charge is -2.37. The number of aromatic nitrogens is 1. The van der Waals surface area contributed by atoms with E-state index in [-0.39, 0.29) is 11.6 Å². The van der Waals surface area contributed by atoms with Gasteiger partial charge in [0.2, 0.25) is 0 Å². The Labute approximate surface area is 80.8 Å². The first-order chi connectivity index (χ1) is 6.20. The topological polar surface area (TPSA) is 39.2 Å². The highest BCUT2D eigenvalue weighted by atomic mass is 32.1. The van der Waals surface area contributed by atoms with Gasteiger partial charge in [-0.05, 0) is 26.2 Å². The van der Waals surface area contributed by atoms with Crippen LogP contribution in [0.2, 0.25) is 0 Å². The Morgan fingerprint density at radius 2 is 2.46 bits per heavy atom. The van der Waals surface area contributed by atoms with Gasteiger partial charge in [0.05, 0.1) is 11.7 Å². The fraction of sp³-hybridized carbons (Fsp3) is 0.556. The summed E-state index contributed by atoms with van der Waals surface area (Å²) in [6.07, 6.45) is 4.68. The third-order valence-electron chi connectivity index (χ3n) is 2.38. The standard InChI is InChI=1S/C9H11NO2S/c1-9(3-2-4-9)12-8(11)7-5-10-6-13-7/h5-6H,2-4H2,1H3. The molecule has 0 radical (unpaired) electrons. The summed E-state index contributed by atoms with van der Waals surface area (Å²) < 4.78 is 5.35. The van der Waals surface area contributed by atoms with E-state index in [0.29, 0.717) is 4.88 Å². The number of hydrogen-bond acceptors (Lipinski definition) is 4. The summed E-state index contributed by atoms with van der Waals surface area (Å²) in [5.74, 6) is -0.232. The molecule has 0 N–H and O–H groups in total. The molecule has 0 atom stereocenters. The zero-order valence-corrected chi connectivity index (χ0v) is 8.26. The molecule has 1 saturated carbocycles. The molecule has 0 unspecified atom stereocenters. The van der Waals surface area contributed by atoms with Gasteiger partial charge in [-0.25, -0.2) is 4.79 Å². The summed E-state index contributed by atoms with van der Waals surface area (Å²) in [4.78, 5) is 15.9. The summed E-state index contributed by atoms with van der Waals surface area (Å²) >= 11 is 1.32. The maximum absolute atomic E-state index is 11.5. The zero-order chi connectivity index (χ0) is 9.31. The molecule has 0 aromatic carbocycles. The van der Waals surface area contributed by atoms with Gasteiger partial charge in [0.1, 0.15) is 10.5 Å². The minimum absolute atomic E-state index is 0.207. The zero-order valence-electron chi connectivity index (χ0n) is 7.45. The van der Waals surface area contributed by atoms with Gasteiger partial charge in [-0.15, -0.1) is 11.3 Å². The Hall–Kier alpha value is -0.900. The predicted octanol–water partition coefficient (Wildman–Crippen LogP) is 2.24. The van der Waals surface area contributed by atoms with E-state index in [1.54, 1.807) is 11.7 Å². The molecule has 70 valence electrons. The molecule has 1 aliphatic rings. The number of ether oxygens (including phenoxy) is 1. The first-order valence-corrected chi connectivity index (χ1v) is 5.19. The lowest BCUT2D eigenvalue weighted by atomic mass is 9.82. The van der Waals surface area contributed by atoms with Crippen LogP contribution in [-0.4, -0.2) is 16.6 Å². The van der Waals surface area contributed by atoms with Gasteiger partial charge >= 0.3 is 5.97 Å². The van der Waals surface area contributed by atoms with Crippen LogP contribution in [0.3, 0.4) is 0 Å². The minimum atomic E-state index is -0.232. The SMILES string of the molecule is CC1(OC(=O)c2cncs2)CCC1. The van der Waals surface area contributed by atoms with Crippen molar-refractivity contribution in [3.05, 3.63) is 16.6 Å². The maximum Gasteiger partial charge on any atom is 0.350 e. The smallest absolute Gasteiger partial charge is 0.350 e. The van der Waals surface area contributed by atoms with Crippen LogP contribution in [0.5, 0.6) is 0 Å². The molecule has 13 heavy (non-hydrogen) atoms. The fourth-order valence-corrected chi connectivity index (χ4v) is 1.86. The Morgan fingerprint density at radius 1 is 1.69 bits per heavy atom. The molecule has 1 aromatic heterocycles. The van der Waals surface area contributed by atoms with Crippen molar-refractivity contribution < 1.29 is 9.53 Å². The average molecular weight is 197 g/mol. The van der Waals surface area contributed by atoms with Gasteiger partial charge in [-0.3, -0.25) is 4.98 Å². The van der Waals surface area contributed by atoms with Crippen molar-refractivity contribution in [1.82, 2.24) is 4.98 Å². The van der Waals surface area contributed by atoms with E-state index in [4.69, 9.17) is 4.74 Å². The number of carbonyl (C=O) groups excluding carboxylic acids is 1. The fourth-order valence-electron chi connectivity index (χ4n) is 1.37. The molecule has 1 fully saturated rings. The number of nitrogens with zero attached hydrogens (tertiary/aromatic N) is 1. The monoisotopic (exact) mass is 197 g/mol. The lowest BCUT2D eigenvalue weighted by Crippen LogP contribution is -2.38. The van der Waals surface area contributed by atoms with E-state index < -0.39 is 0 Å². The lowest BCUT2D eigenvalue weighted by molar-refractivity contribution is -0.0494. The number of rotatable bonds is 2. The highest BCUT2D eigenvalue weighted by Gasteiger charge is 2.36. The maximum atomic E-state index is 11.5. The van der Waals surface area contributed by atoms with Gasteiger partial charge in [-0.2, -0.15) is 0 Å². The van der Waals surface area contributed by atoms with Crippen LogP contribution >= 0.6 is 11.3 Å². The van der Waals surface area contributed by atoms with E-state index in [1.807, 2.05) is 6.92 Å². The van der Waals surface area contributed by atoms with E-state index >= 15 is 0 Å². The van der Waals surface area contributed by atoms with Gasteiger partial charge in [-0.1, -0.05) is 0 Å². The van der Waals surface area contributed by atoms with Crippen LogP contribution < -0.4 is 0 Å². The molecule has 0 spiro atoms. The second-order valence-electron chi connectivity index (χ2n) is 3.56. The van der Waals surface area contributed by atoms with Crippen molar-refractivity contribution in [3.63, 3.8) is 0 Å². The molecule has 1 aromatic rings.